The highest BCUT2D eigenvalue weighted by atomic mass is 14.3. The van der Waals surface area contributed by atoms with Crippen molar-refractivity contribution < 1.29 is 0 Å². The van der Waals surface area contributed by atoms with E-state index in [4.69, 9.17) is 0 Å². The van der Waals surface area contributed by atoms with E-state index in [1.165, 1.54) is 57.8 Å². The molecule has 0 amide bonds. The lowest BCUT2D eigenvalue weighted by molar-refractivity contribution is 0.149. The van der Waals surface area contributed by atoms with Crippen molar-refractivity contribution in [2.45, 2.75) is 78.6 Å². The van der Waals surface area contributed by atoms with Gasteiger partial charge in [0.2, 0.25) is 0 Å². The van der Waals surface area contributed by atoms with E-state index in [0.29, 0.717) is 5.41 Å². The summed E-state index contributed by atoms with van der Waals surface area (Å²) in [5.74, 6) is 1.02. The van der Waals surface area contributed by atoms with Crippen molar-refractivity contribution >= 4 is 0 Å². The van der Waals surface area contributed by atoms with Crippen LogP contribution in [0.5, 0.6) is 0 Å². The van der Waals surface area contributed by atoms with Gasteiger partial charge in [-0.3, -0.25) is 0 Å². The third kappa shape index (κ3) is 3.00. The average Bonchev–Trinajstić information content (AvgIpc) is 2.19. The van der Waals surface area contributed by atoms with E-state index in [1.807, 2.05) is 0 Å². The molecule has 0 bridgehead atoms. The molecule has 1 rings (SSSR count). The maximum atomic E-state index is 2.40. The van der Waals surface area contributed by atoms with Crippen LogP contribution in [0.4, 0.5) is 0 Å². The molecule has 0 heteroatoms. The molecule has 0 aromatic carbocycles. The molecular weight excluding hydrogens is 168 g/mol. The Morgan fingerprint density at radius 3 is 2.29 bits per heavy atom. The summed E-state index contributed by atoms with van der Waals surface area (Å²) in [5.41, 5.74) is 0.709. The first-order valence-electron chi connectivity index (χ1n) is 6.76. The van der Waals surface area contributed by atoms with Gasteiger partial charge in [0.1, 0.15) is 0 Å². The Labute approximate surface area is 90.5 Å². The van der Waals surface area contributed by atoms with Crippen LogP contribution < -0.4 is 0 Å². The van der Waals surface area contributed by atoms with Gasteiger partial charge in [-0.05, 0) is 24.2 Å². The van der Waals surface area contributed by atoms with Gasteiger partial charge in [0.25, 0.3) is 0 Å². The molecule has 0 saturated heterocycles. The third-order valence-corrected chi connectivity index (χ3v) is 4.62. The van der Waals surface area contributed by atoms with Gasteiger partial charge in [-0.15, -0.1) is 0 Å². The molecule has 84 valence electrons. The molecule has 1 fully saturated rings. The topological polar surface area (TPSA) is 0 Å². The Hall–Kier alpha value is 0. The molecule has 0 nitrogen and oxygen atoms in total. The molecule has 0 aromatic rings. The zero-order valence-corrected chi connectivity index (χ0v) is 10.4. The highest BCUT2D eigenvalue weighted by Crippen LogP contribution is 2.42. The molecule has 0 N–H and O–H groups in total. The van der Waals surface area contributed by atoms with Crippen LogP contribution in [-0.4, -0.2) is 0 Å². The molecule has 1 aliphatic rings. The van der Waals surface area contributed by atoms with Crippen LogP contribution in [0.2, 0.25) is 0 Å². The van der Waals surface area contributed by atoms with Gasteiger partial charge >= 0.3 is 0 Å². The van der Waals surface area contributed by atoms with Crippen molar-refractivity contribution in [3.63, 3.8) is 0 Å². The van der Waals surface area contributed by atoms with Crippen molar-refractivity contribution in [3.05, 3.63) is 0 Å². The number of rotatable bonds is 3. The van der Waals surface area contributed by atoms with Gasteiger partial charge in [-0.25, -0.2) is 0 Å². The first kappa shape index (κ1) is 12.1. The van der Waals surface area contributed by atoms with E-state index in [-0.39, 0.29) is 0 Å². The maximum Gasteiger partial charge on any atom is -0.0300 e. The molecule has 1 unspecified atom stereocenters. The molecular formula is C14H28. The highest BCUT2D eigenvalue weighted by molar-refractivity contribution is 4.81. The molecule has 1 saturated carbocycles. The second-order valence-electron chi connectivity index (χ2n) is 5.28. The molecule has 0 radical (unpaired) electrons. The van der Waals surface area contributed by atoms with E-state index in [1.54, 1.807) is 0 Å². The van der Waals surface area contributed by atoms with Crippen molar-refractivity contribution in [1.82, 2.24) is 0 Å². The molecule has 0 aromatic heterocycles. The van der Waals surface area contributed by atoms with Gasteiger partial charge in [-0.1, -0.05) is 65.7 Å². The molecule has 0 heterocycles. The first-order chi connectivity index (χ1) is 6.76. The minimum Gasteiger partial charge on any atom is -0.0651 e. The zero-order valence-electron chi connectivity index (χ0n) is 10.4. The summed E-state index contributed by atoms with van der Waals surface area (Å²) in [6, 6.07) is 0. The number of hydrogen-bond acceptors (Lipinski definition) is 0. The Balaban J connectivity index is 2.60. The minimum atomic E-state index is 0.709. The Bertz CT molecular complexity index is 144. The van der Waals surface area contributed by atoms with Gasteiger partial charge < -0.3 is 0 Å². The van der Waals surface area contributed by atoms with Crippen LogP contribution >= 0.6 is 0 Å². The summed E-state index contributed by atoms with van der Waals surface area (Å²) in [7, 11) is 0. The second-order valence-corrected chi connectivity index (χ2v) is 5.28. The van der Waals surface area contributed by atoms with Crippen LogP contribution in [0, 0.1) is 11.3 Å². The van der Waals surface area contributed by atoms with Crippen LogP contribution in [0.3, 0.4) is 0 Å². The molecule has 0 spiro atoms. The first-order valence-corrected chi connectivity index (χ1v) is 6.76. The summed E-state index contributed by atoms with van der Waals surface area (Å²) in [6.45, 7) is 7.18. The zero-order chi connectivity index (χ0) is 10.4. The van der Waals surface area contributed by atoms with E-state index >= 15 is 0 Å². The van der Waals surface area contributed by atoms with Crippen molar-refractivity contribution in [2.75, 3.05) is 0 Å². The van der Waals surface area contributed by atoms with Crippen LogP contribution in [0.15, 0.2) is 0 Å². The SMILES string of the molecule is CCC1CCCCCC(CC)(CC)C1. The predicted octanol–water partition coefficient (Wildman–Crippen LogP) is 5.17. The van der Waals surface area contributed by atoms with E-state index in [2.05, 4.69) is 20.8 Å². The summed E-state index contributed by atoms with van der Waals surface area (Å²) in [6.07, 6.45) is 13.2. The van der Waals surface area contributed by atoms with Gasteiger partial charge in [-0.2, -0.15) is 0 Å². The van der Waals surface area contributed by atoms with E-state index < -0.39 is 0 Å². The van der Waals surface area contributed by atoms with Crippen molar-refractivity contribution in [3.8, 4) is 0 Å². The Morgan fingerprint density at radius 2 is 1.71 bits per heavy atom. The quantitative estimate of drug-likeness (QED) is 0.584. The minimum absolute atomic E-state index is 0.709. The third-order valence-electron chi connectivity index (χ3n) is 4.62. The molecule has 1 atom stereocenters. The van der Waals surface area contributed by atoms with Crippen LogP contribution in [-0.2, 0) is 0 Å². The van der Waals surface area contributed by atoms with Crippen LogP contribution in [0.25, 0.3) is 0 Å². The highest BCUT2D eigenvalue weighted by Gasteiger charge is 2.29. The van der Waals surface area contributed by atoms with Gasteiger partial charge in [0, 0.05) is 0 Å². The van der Waals surface area contributed by atoms with E-state index in [0.717, 1.165) is 5.92 Å². The summed E-state index contributed by atoms with van der Waals surface area (Å²) >= 11 is 0. The average molecular weight is 196 g/mol. The fourth-order valence-corrected chi connectivity index (χ4v) is 3.17. The van der Waals surface area contributed by atoms with Crippen molar-refractivity contribution in [1.29, 1.82) is 0 Å². The van der Waals surface area contributed by atoms with Crippen LogP contribution in [0.1, 0.15) is 78.6 Å². The van der Waals surface area contributed by atoms with Gasteiger partial charge in [0.05, 0.1) is 0 Å². The molecule has 14 heavy (non-hydrogen) atoms. The smallest absolute Gasteiger partial charge is 0.0300 e. The standard InChI is InChI=1S/C14H28/c1-4-13-10-8-7-9-11-14(5-2,6-3)12-13/h13H,4-12H2,1-3H3. The maximum absolute atomic E-state index is 2.40. The predicted molar refractivity (Wildman–Crippen MR) is 64.5 cm³/mol. The summed E-state index contributed by atoms with van der Waals surface area (Å²) < 4.78 is 0. The Morgan fingerprint density at radius 1 is 1.00 bits per heavy atom. The van der Waals surface area contributed by atoms with Crippen molar-refractivity contribution in [2.24, 2.45) is 11.3 Å². The lowest BCUT2D eigenvalue weighted by atomic mass is 9.69. The monoisotopic (exact) mass is 196 g/mol. The molecule has 0 aliphatic heterocycles. The fourth-order valence-electron chi connectivity index (χ4n) is 3.17. The van der Waals surface area contributed by atoms with Gasteiger partial charge in [0.15, 0.2) is 0 Å². The Kier molecular flexibility index (Phi) is 4.98. The normalized spacial score (nSPS) is 28.1. The summed E-state index contributed by atoms with van der Waals surface area (Å²) in [5, 5.41) is 0. The fraction of sp³-hybridized carbons (Fsp3) is 1.00. The summed E-state index contributed by atoms with van der Waals surface area (Å²) in [4.78, 5) is 0. The molecule has 1 aliphatic carbocycles. The lowest BCUT2D eigenvalue weighted by Crippen LogP contribution is -2.24. The second kappa shape index (κ2) is 5.78. The van der Waals surface area contributed by atoms with E-state index in [9.17, 15) is 0 Å². The number of hydrogen-bond donors (Lipinski definition) is 0. The lowest BCUT2D eigenvalue weighted by Gasteiger charge is -2.37. The largest absolute Gasteiger partial charge is 0.0651 e.